The summed E-state index contributed by atoms with van der Waals surface area (Å²) in [6, 6.07) is 10.2. The summed E-state index contributed by atoms with van der Waals surface area (Å²) in [5, 5.41) is 0.756. The topological polar surface area (TPSA) is 95.7 Å². The number of hydrogen-bond donors (Lipinski definition) is 1. The lowest BCUT2D eigenvalue weighted by atomic mass is 10.1. The van der Waals surface area contributed by atoms with Gasteiger partial charge in [-0.3, -0.25) is 4.79 Å². The number of anilines is 1. The number of benzene rings is 2. The van der Waals surface area contributed by atoms with Crippen LogP contribution in [0.3, 0.4) is 0 Å². The zero-order valence-corrected chi connectivity index (χ0v) is 15.1. The van der Waals surface area contributed by atoms with Crippen molar-refractivity contribution in [2.24, 2.45) is 0 Å². The second-order valence-corrected chi connectivity index (χ2v) is 6.75. The minimum absolute atomic E-state index is 0.0446. The van der Waals surface area contributed by atoms with Crippen molar-refractivity contribution in [3.05, 3.63) is 52.2 Å². The largest absolute Gasteiger partial charge is 0.463 e. The summed E-state index contributed by atoms with van der Waals surface area (Å²) in [6.45, 7) is 3.26. The van der Waals surface area contributed by atoms with Crippen LogP contribution in [0, 0.1) is 0 Å². The number of hydrogen-bond acceptors (Lipinski definition) is 7. The van der Waals surface area contributed by atoms with Gasteiger partial charge in [-0.2, -0.15) is 0 Å². The van der Waals surface area contributed by atoms with Gasteiger partial charge < -0.3 is 15.2 Å². The fourth-order valence-electron chi connectivity index (χ4n) is 2.64. The molecule has 0 aliphatic heterocycles. The number of fused-ring (bicyclic) bond motifs is 2. The first-order chi connectivity index (χ1) is 12.4. The lowest BCUT2D eigenvalue weighted by molar-refractivity contribution is -0.152. The Kier molecular flexibility index (Phi) is 4.90. The summed E-state index contributed by atoms with van der Waals surface area (Å²) in [4.78, 5) is 37.2. The molecule has 134 valence electrons. The third kappa shape index (κ3) is 3.25. The van der Waals surface area contributed by atoms with E-state index in [-0.39, 0.29) is 23.0 Å². The smallest absolute Gasteiger partial charge is 0.347 e. The summed E-state index contributed by atoms with van der Waals surface area (Å²) in [7, 11) is 0. The first-order valence-corrected chi connectivity index (χ1v) is 8.86. The highest BCUT2D eigenvalue weighted by Crippen LogP contribution is 2.29. The van der Waals surface area contributed by atoms with Crippen molar-refractivity contribution in [1.29, 1.82) is 0 Å². The third-order valence-electron chi connectivity index (χ3n) is 3.83. The molecule has 0 aliphatic rings. The highest BCUT2D eigenvalue weighted by atomic mass is 32.1. The minimum atomic E-state index is -1.09. The monoisotopic (exact) mass is 371 g/mol. The van der Waals surface area contributed by atoms with E-state index in [4.69, 9.17) is 15.2 Å². The van der Waals surface area contributed by atoms with Crippen molar-refractivity contribution in [3.8, 4) is 0 Å². The zero-order chi connectivity index (χ0) is 18.8. The van der Waals surface area contributed by atoms with Crippen molar-refractivity contribution in [2.75, 3.05) is 12.3 Å². The van der Waals surface area contributed by atoms with Crippen LogP contribution >= 0.6 is 11.3 Å². The molecule has 0 saturated heterocycles. The molecule has 1 heterocycles. The van der Waals surface area contributed by atoms with Crippen LogP contribution in [-0.4, -0.2) is 24.6 Å². The van der Waals surface area contributed by atoms with E-state index in [2.05, 4.69) is 0 Å². The molecule has 3 rings (SSSR count). The van der Waals surface area contributed by atoms with Gasteiger partial charge in [-0.05, 0) is 38.1 Å². The first kappa shape index (κ1) is 17.9. The SMILES string of the molecule is CCOC(=O)C(C)OC(=O)c1cc(N)cc2sc3ccccc3c(=O)c12. The number of ether oxygens (including phenoxy) is 2. The van der Waals surface area contributed by atoms with E-state index in [0.29, 0.717) is 15.8 Å². The second kappa shape index (κ2) is 7.13. The summed E-state index contributed by atoms with van der Waals surface area (Å²) < 4.78 is 11.4. The Hall–Kier alpha value is -2.93. The van der Waals surface area contributed by atoms with E-state index in [0.717, 1.165) is 4.70 Å². The summed E-state index contributed by atoms with van der Waals surface area (Å²) in [6.07, 6.45) is -1.09. The van der Waals surface area contributed by atoms with E-state index in [9.17, 15) is 14.4 Å². The molecular formula is C19H17NO5S. The molecule has 1 atom stereocenters. The summed E-state index contributed by atoms with van der Waals surface area (Å²) in [5.41, 5.74) is 6.00. The molecule has 2 N–H and O–H groups in total. The van der Waals surface area contributed by atoms with Gasteiger partial charge in [-0.15, -0.1) is 11.3 Å². The van der Waals surface area contributed by atoms with Crippen molar-refractivity contribution in [2.45, 2.75) is 20.0 Å². The molecule has 0 fully saturated rings. The molecule has 26 heavy (non-hydrogen) atoms. The molecule has 2 aromatic carbocycles. The van der Waals surface area contributed by atoms with Gasteiger partial charge in [0.05, 0.1) is 17.6 Å². The molecular weight excluding hydrogens is 354 g/mol. The highest BCUT2D eigenvalue weighted by Gasteiger charge is 2.23. The van der Waals surface area contributed by atoms with Gasteiger partial charge in [-0.1, -0.05) is 12.1 Å². The normalized spacial score (nSPS) is 12.1. The maximum absolute atomic E-state index is 12.9. The Morgan fingerprint density at radius 2 is 1.92 bits per heavy atom. The Balaban J connectivity index is 2.13. The molecule has 0 amide bonds. The average molecular weight is 371 g/mol. The van der Waals surface area contributed by atoms with Gasteiger partial charge in [0, 0.05) is 20.5 Å². The number of nitrogens with two attached hydrogens (primary N) is 1. The van der Waals surface area contributed by atoms with Crippen molar-refractivity contribution >= 4 is 49.1 Å². The first-order valence-electron chi connectivity index (χ1n) is 8.05. The second-order valence-electron chi connectivity index (χ2n) is 5.67. The van der Waals surface area contributed by atoms with Gasteiger partial charge in [0.2, 0.25) is 0 Å². The molecule has 1 unspecified atom stereocenters. The van der Waals surface area contributed by atoms with Crippen molar-refractivity contribution in [3.63, 3.8) is 0 Å². The molecule has 0 spiro atoms. The lowest BCUT2D eigenvalue weighted by Crippen LogP contribution is -2.26. The molecule has 0 aliphatic carbocycles. The fraction of sp³-hybridized carbons (Fsp3) is 0.211. The van der Waals surface area contributed by atoms with E-state index < -0.39 is 18.0 Å². The average Bonchev–Trinajstić information content (AvgIpc) is 2.61. The molecule has 0 radical (unpaired) electrons. The fourth-order valence-corrected chi connectivity index (χ4v) is 3.79. The molecule has 7 heteroatoms. The Bertz CT molecular complexity index is 1070. The Labute approximate surface area is 153 Å². The van der Waals surface area contributed by atoms with E-state index >= 15 is 0 Å². The Morgan fingerprint density at radius 1 is 1.19 bits per heavy atom. The van der Waals surface area contributed by atoms with Crippen LogP contribution in [-0.2, 0) is 14.3 Å². The predicted octanol–water partition coefficient (Wildman–Crippen LogP) is 3.11. The number of rotatable bonds is 4. The molecule has 0 saturated carbocycles. The van der Waals surface area contributed by atoms with Gasteiger partial charge in [-0.25, -0.2) is 9.59 Å². The maximum atomic E-state index is 12.9. The van der Waals surface area contributed by atoms with Gasteiger partial charge in [0.25, 0.3) is 0 Å². The Morgan fingerprint density at radius 3 is 2.65 bits per heavy atom. The van der Waals surface area contributed by atoms with Crippen molar-refractivity contribution < 1.29 is 19.1 Å². The van der Waals surface area contributed by atoms with Crippen LogP contribution in [0.15, 0.2) is 41.2 Å². The minimum Gasteiger partial charge on any atom is -0.463 e. The quantitative estimate of drug-likeness (QED) is 0.430. The van der Waals surface area contributed by atoms with Crippen LogP contribution < -0.4 is 11.2 Å². The standard InChI is InChI=1S/C19H17NO5S/c1-3-24-18(22)10(2)25-19(23)13-8-11(20)9-15-16(13)17(21)12-6-4-5-7-14(12)26-15/h4-10H,3,20H2,1-2H3. The molecule has 6 nitrogen and oxygen atoms in total. The van der Waals surface area contributed by atoms with E-state index in [1.54, 1.807) is 25.1 Å². The molecule has 3 aromatic rings. The van der Waals surface area contributed by atoms with Crippen LogP contribution in [0.5, 0.6) is 0 Å². The summed E-state index contributed by atoms with van der Waals surface area (Å²) in [5.74, 6) is -1.44. The zero-order valence-electron chi connectivity index (χ0n) is 14.3. The van der Waals surface area contributed by atoms with Crippen LogP contribution in [0.2, 0.25) is 0 Å². The van der Waals surface area contributed by atoms with Crippen LogP contribution in [0.4, 0.5) is 5.69 Å². The maximum Gasteiger partial charge on any atom is 0.347 e. The van der Waals surface area contributed by atoms with Gasteiger partial charge in [0.1, 0.15) is 0 Å². The lowest BCUT2D eigenvalue weighted by Gasteiger charge is -2.13. The molecule has 0 bridgehead atoms. The third-order valence-corrected chi connectivity index (χ3v) is 4.94. The number of carbonyl (C=O) groups is 2. The molecule has 1 aromatic heterocycles. The summed E-state index contributed by atoms with van der Waals surface area (Å²) >= 11 is 1.37. The van der Waals surface area contributed by atoms with Crippen LogP contribution in [0.1, 0.15) is 24.2 Å². The van der Waals surface area contributed by atoms with Crippen molar-refractivity contribution in [1.82, 2.24) is 0 Å². The van der Waals surface area contributed by atoms with Crippen LogP contribution in [0.25, 0.3) is 20.2 Å². The van der Waals surface area contributed by atoms with E-state index in [1.165, 1.54) is 24.3 Å². The predicted molar refractivity (Wildman–Crippen MR) is 102 cm³/mol. The van der Waals surface area contributed by atoms with Gasteiger partial charge in [0.15, 0.2) is 11.5 Å². The van der Waals surface area contributed by atoms with E-state index in [1.807, 2.05) is 12.1 Å². The highest BCUT2D eigenvalue weighted by molar-refractivity contribution is 7.24. The van der Waals surface area contributed by atoms with Gasteiger partial charge >= 0.3 is 11.9 Å². The number of nitrogen functional groups attached to an aromatic ring is 1. The number of carbonyl (C=O) groups excluding carboxylic acids is 2. The number of esters is 2.